The van der Waals surface area contributed by atoms with Gasteiger partial charge in [0.1, 0.15) is 23.9 Å². The molecule has 0 bridgehead atoms. The smallest absolute Gasteiger partial charge is 0.406 e. The molecule has 1 atom stereocenters. The largest absolute Gasteiger partial charge is 0.478 e. The first kappa shape index (κ1) is 13.9. The minimum atomic E-state index is -0.895. The van der Waals surface area contributed by atoms with Crippen LogP contribution in [-0.4, -0.2) is 9.91 Å². The van der Waals surface area contributed by atoms with Crippen molar-refractivity contribution in [3.05, 3.63) is 63.8 Å². The van der Waals surface area contributed by atoms with Crippen LogP contribution in [0.25, 0.3) is 0 Å². The summed E-state index contributed by atoms with van der Waals surface area (Å²) in [6.07, 6.45) is 0.354. The van der Waals surface area contributed by atoms with Gasteiger partial charge in [-0.1, -0.05) is 0 Å². The van der Waals surface area contributed by atoms with Crippen molar-refractivity contribution in [1.29, 1.82) is 0 Å². The van der Waals surface area contributed by atoms with Crippen LogP contribution in [0.4, 0.5) is 14.6 Å². The van der Waals surface area contributed by atoms with Gasteiger partial charge in [-0.25, -0.2) is 8.78 Å². The minimum absolute atomic E-state index is 0.0249. The van der Waals surface area contributed by atoms with Crippen LogP contribution < -0.4 is 4.74 Å². The predicted octanol–water partition coefficient (Wildman–Crippen LogP) is 3.41. The molecule has 0 amide bonds. The summed E-state index contributed by atoms with van der Waals surface area (Å²) in [4.78, 5) is 13.7. The van der Waals surface area contributed by atoms with Crippen LogP contribution in [0, 0.1) is 21.7 Å². The summed E-state index contributed by atoms with van der Waals surface area (Å²) >= 11 is 0. The summed E-state index contributed by atoms with van der Waals surface area (Å²) in [6.45, 7) is 1.47. The van der Waals surface area contributed by atoms with Crippen LogP contribution in [0.1, 0.15) is 18.6 Å². The summed E-state index contributed by atoms with van der Waals surface area (Å²) < 4.78 is 32.0. The maximum absolute atomic E-state index is 13.6. The molecule has 0 saturated heterocycles. The van der Waals surface area contributed by atoms with E-state index in [2.05, 4.69) is 4.98 Å². The maximum atomic E-state index is 13.6. The Bertz CT molecular complexity index is 649. The zero-order chi connectivity index (χ0) is 14.7. The molecule has 1 heterocycles. The maximum Gasteiger partial charge on any atom is 0.406 e. The topological polar surface area (TPSA) is 65.3 Å². The molecule has 0 saturated carbocycles. The fourth-order valence-electron chi connectivity index (χ4n) is 1.69. The Balaban J connectivity index is 2.30. The van der Waals surface area contributed by atoms with Gasteiger partial charge in [0.05, 0.1) is 0 Å². The number of pyridine rings is 1. The average Bonchev–Trinajstić information content (AvgIpc) is 2.41. The van der Waals surface area contributed by atoms with Gasteiger partial charge in [0.15, 0.2) is 0 Å². The van der Waals surface area contributed by atoms with Crippen LogP contribution in [0.3, 0.4) is 0 Å². The molecule has 0 radical (unpaired) electrons. The first-order valence-corrected chi connectivity index (χ1v) is 5.70. The molecular weight excluding hydrogens is 270 g/mol. The average molecular weight is 280 g/mol. The van der Waals surface area contributed by atoms with E-state index in [4.69, 9.17) is 4.74 Å². The predicted molar refractivity (Wildman–Crippen MR) is 66.3 cm³/mol. The molecule has 20 heavy (non-hydrogen) atoms. The number of ether oxygens (including phenoxy) is 1. The second-order valence-electron chi connectivity index (χ2n) is 4.01. The monoisotopic (exact) mass is 280 g/mol. The van der Waals surface area contributed by atoms with Crippen molar-refractivity contribution in [2.45, 2.75) is 13.0 Å². The number of hydrogen-bond donors (Lipinski definition) is 0. The first-order valence-electron chi connectivity index (χ1n) is 5.70. The summed E-state index contributed by atoms with van der Waals surface area (Å²) in [5, 5.41) is 10.8. The zero-order valence-corrected chi connectivity index (χ0v) is 10.4. The van der Waals surface area contributed by atoms with Crippen molar-refractivity contribution < 1.29 is 18.4 Å². The third-order valence-electron chi connectivity index (χ3n) is 2.62. The van der Waals surface area contributed by atoms with Crippen LogP contribution >= 0.6 is 0 Å². The van der Waals surface area contributed by atoms with Crippen LogP contribution in [-0.2, 0) is 0 Å². The van der Waals surface area contributed by atoms with E-state index < -0.39 is 28.5 Å². The molecule has 5 nitrogen and oxygen atoms in total. The summed E-state index contributed by atoms with van der Waals surface area (Å²) in [5.41, 5.74) is -0.0249. The SMILES string of the molecule is C[C@@H](Oc1cccnc1[N+](=O)[O-])c1cc(F)ccc1F. The van der Waals surface area contributed by atoms with Crippen LogP contribution in [0.2, 0.25) is 0 Å². The number of aromatic nitrogens is 1. The molecule has 7 heteroatoms. The highest BCUT2D eigenvalue weighted by molar-refractivity contribution is 5.39. The van der Waals surface area contributed by atoms with E-state index in [1.807, 2.05) is 0 Å². The van der Waals surface area contributed by atoms with Crippen molar-refractivity contribution in [2.75, 3.05) is 0 Å². The highest BCUT2D eigenvalue weighted by Gasteiger charge is 2.20. The van der Waals surface area contributed by atoms with Gasteiger partial charge >= 0.3 is 5.82 Å². The van der Waals surface area contributed by atoms with Crippen molar-refractivity contribution >= 4 is 5.82 Å². The van der Waals surface area contributed by atoms with Crippen LogP contribution in [0.5, 0.6) is 5.75 Å². The van der Waals surface area contributed by atoms with Crippen molar-refractivity contribution in [3.8, 4) is 5.75 Å². The minimum Gasteiger partial charge on any atom is -0.478 e. The summed E-state index contributed by atoms with van der Waals surface area (Å²) in [5.74, 6) is -1.84. The quantitative estimate of drug-likeness (QED) is 0.636. The summed E-state index contributed by atoms with van der Waals surface area (Å²) in [7, 11) is 0. The van der Waals surface area contributed by atoms with E-state index in [-0.39, 0.29) is 11.3 Å². The second kappa shape index (κ2) is 5.60. The number of hydrogen-bond acceptors (Lipinski definition) is 4. The number of nitro groups is 1. The second-order valence-corrected chi connectivity index (χ2v) is 4.01. The Morgan fingerprint density at radius 2 is 2.10 bits per heavy atom. The molecule has 2 aromatic rings. The molecule has 0 spiro atoms. The molecule has 1 aromatic heterocycles. The lowest BCUT2D eigenvalue weighted by atomic mass is 10.1. The lowest BCUT2D eigenvalue weighted by molar-refractivity contribution is -0.390. The molecule has 1 aromatic carbocycles. The Labute approximate surface area is 113 Å². The van der Waals surface area contributed by atoms with Gasteiger partial charge in [0.2, 0.25) is 5.75 Å². The molecule has 0 aliphatic heterocycles. The zero-order valence-electron chi connectivity index (χ0n) is 10.4. The molecule has 0 N–H and O–H groups in total. The van der Waals surface area contributed by atoms with Crippen molar-refractivity contribution in [3.63, 3.8) is 0 Å². The molecule has 0 unspecified atom stereocenters. The molecule has 0 aliphatic rings. The van der Waals surface area contributed by atoms with E-state index in [1.165, 1.54) is 25.3 Å². The Kier molecular flexibility index (Phi) is 3.88. The Hall–Kier alpha value is -2.57. The molecule has 104 valence electrons. The van der Waals surface area contributed by atoms with Gasteiger partial charge in [0.25, 0.3) is 0 Å². The lowest BCUT2D eigenvalue weighted by Crippen LogP contribution is -2.08. The van der Waals surface area contributed by atoms with E-state index in [1.54, 1.807) is 0 Å². The third-order valence-corrected chi connectivity index (χ3v) is 2.62. The first-order chi connectivity index (χ1) is 9.49. The highest BCUT2D eigenvalue weighted by atomic mass is 19.1. The van der Waals surface area contributed by atoms with Gasteiger partial charge in [-0.05, 0) is 47.2 Å². The Morgan fingerprint density at radius 3 is 2.80 bits per heavy atom. The van der Waals surface area contributed by atoms with Gasteiger partial charge in [-0.15, -0.1) is 0 Å². The molecule has 2 rings (SSSR count). The van der Waals surface area contributed by atoms with Crippen molar-refractivity contribution in [2.24, 2.45) is 0 Å². The van der Waals surface area contributed by atoms with Crippen molar-refractivity contribution in [1.82, 2.24) is 4.98 Å². The fraction of sp³-hybridized carbons (Fsp3) is 0.154. The number of benzene rings is 1. The Morgan fingerprint density at radius 1 is 1.35 bits per heavy atom. The van der Waals surface area contributed by atoms with E-state index in [0.717, 1.165) is 18.2 Å². The van der Waals surface area contributed by atoms with Gasteiger partial charge in [-0.2, -0.15) is 0 Å². The van der Waals surface area contributed by atoms with E-state index in [9.17, 15) is 18.9 Å². The lowest BCUT2D eigenvalue weighted by Gasteiger charge is -2.15. The van der Waals surface area contributed by atoms with E-state index >= 15 is 0 Å². The van der Waals surface area contributed by atoms with Gasteiger partial charge in [-0.3, -0.25) is 0 Å². The van der Waals surface area contributed by atoms with Gasteiger partial charge in [0, 0.05) is 5.56 Å². The standard InChI is InChI=1S/C13H10F2N2O3/c1-8(10-7-9(14)4-5-11(10)15)20-12-3-2-6-16-13(12)17(18)19/h2-8H,1H3/t8-/m1/s1. The number of nitrogens with zero attached hydrogens (tertiary/aromatic N) is 2. The number of rotatable bonds is 4. The highest BCUT2D eigenvalue weighted by Crippen LogP contribution is 2.29. The normalized spacial score (nSPS) is 11.9. The molecule has 0 fully saturated rings. The summed E-state index contributed by atoms with van der Waals surface area (Å²) in [6, 6.07) is 5.75. The molecular formula is C13H10F2N2O3. The van der Waals surface area contributed by atoms with E-state index in [0.29, 0.717) is 0 Å². The van der Waals surface area contributed by atoms with Gasteiger partial charge < -0.3 is 14.9 Å². The fourth-order valence-corrected chi connectivity index (χ4v) is 1.69. The third kappa shape index (κ3) is 2.87. The van der Waals surface area contributed by atoms with Crippen LogP contribution in [0.15, 0.2) is 36.5 Å². The number of halogens is 2. The molecule has 0 aliphatic carbocycles.